The average Bonchev–Trinajstić information content (AvgIpc) is 2.46. The summed E-state index contributed by atoms with van der Waals surface area (Å²) < 4.78 is 1.48. The molecule has 0 atom stereocenters. The Kier molecular flexibility index (Phi) is 1.55. The van der Waals surface area contributed by atoms with Crippen molar-refractivity contribution in [3.8, 4) is 5.75 Å². The van der Waals surface area contributed by atoms with Crippen LogP contribution >= 0.6 is 0 Å². The van der Waals surface area contributed by atoms with Gasteiger partial charge in [0.05, 0.1) is 23.5 Å². The Bertz CT molecular complexity index is 473. The van der Waals surface area contributed by atoms with Gasteiger partial charge in [-0.25, -0.2) is 4.52 Å². The van der Waals surface area contributed by atoms with E-state index in [0.717, 1.165) is 0 Å². The number of rotatable bonds is 1. The van der Waals surface area contributed by atoms with E-state index in [1.54, 1.807) is 6.07 Å². The lowest BCUT2D eigenvalue weighted by Gasteiger charge is -1.95. The fourth-order valence-corrected chi connectivity index (χ4v) is 1.24. The van der Waals surface area contributed by atoms with Gasteiger partial charge in [0, 0.05) is 0 Å². The van der Waals surface area contributed by atoms with Crippen LogP contribution in [0.25, 0.3) is 5.52 Å². The summed E-state index contributed by atoms with van der Waals surface area (Å²) in [6.07, 6.45) is 2.96. The van der Waals surface area contributed by atoms with Gasteiger partial charge in [-0.15, -0.1) is 0 Å². The largest absolute Gasteiger partial charge is 0.506 e. The number of carbonyl (C=O) groups excluding carboxylic acids is 1. The van der Waals surface area contributed by atoms with Gasteiger partial charge < -0.3 is 5.11 Å². The third kappa shape index (κ3) is 1.16. The molecule has 13 heavy (non-hydrogen) atoms. The lowest BCUT2D eigenvalue weighted by molar-refractivity contribution is 0.101. The summed E-state index contributed by atoms with van der Waals surface area (Å²) >= 11 is 0. The van der Waals surface area contributed by atoms with Gasteiger partial charge in [0.15, 0.2) is 5.78 Å². The summed E-state index contributed by atoms with van der Waals surface area (Å²) in [7, 11) is 0. The smallest absolute Gasteiger partial charge is 0.163 e. The molecule has 0 aliphatic carbocycles. The Hall–Kier alpha value is -1.84. The Balaban J connectivity index is 2.76. The molecule has 0 aromatic carbocycles. The summed E-state index contributed by atoms with van der Waals surface area (Å²) in [5, 5.41) is 13.1. The van der Waals surface area contributed by atoms with E-state index < -0.39 is 0 Å². The number of nitrogens with zero attached hydrogens (tertiary/aromatic N) is 2. The minimum Gasteiger partial charge on any atom is -0.506 e. The third-order valence-electron chi connectivity index (χ3n) is 1.88. The minimum absolute atomic E-state index is 0.0271. The van der Waals surface area contributed by atoms with Gasteiger partial charge in [-0.05, 0) is 19.1 Å². The predicted octanol–water partition coefficient (Wildman–Crippen LogP) is 1.24. The highest BCUT2D eigenvalue weighted by atomic mass is 16.3. The van der Waals surface area contributed by atoms with Crippen molar-refractivity contribution in [2.24, 2.45) is 0 Å². The first-order valence-corrected chi connectivity index (χ1v) is 3.86. The fraction of sp³-hybridized carbons (Fsp3) is 0.111. The minimum atomic E-state index is -0.0271. The summed E-state index contributed by atoms with van der Waals surface area (Å²) in [6, 6.07) is 3.20. The fourth-order valence-electron chi connectivity index (χ4n) is 1.24. The van der Waals surface area contributed by atoms with Crippen LogP contribution in [0.15, 0.2) is 24.5 Å². The number of carbonyl (C=O) groups is 1. The van der Waals surface area contributed by atoms with Crippen molar-refractivity contribution in [1.82, 2.24) is 9.61 Å². The standard InChI is InChI=1S/C9H8N2O2/c1-6(12)8-4-10-11-5-7(13)2-3-9(8)11/h2-5,13H,1H3. The molecule has 66 valence electrons. The number of ketones is 1. The maximum Gasteiger partial charge on any atom is 0.163 e. The molecule has 2 rings (SSSR count). The highest BCUT2D eigenvalue weighted by Crippen LogP contribution is 2.15. The van der Waals surface area contributed by atoms with E-state index in [0.29, 0.717) is 11.1 Å². The van der Waals surface area contributed by atoms with Crippen LogP contribution in [-0.2, 0) is 0 Å². The Morgan fingerprint density at radius 1 is 1.54 bits per heavy atom. The van der Waals surface area contributed by atoms with Crippen molar-refractivity contribution in [3.05, 3.63) is 30.1 Å². The molecule has 0 saturated carbocycles. The third-order valence-corrected chi connectivity index (χ3v) is 1.88. The summed E-state index contributed by atoms with van der Waals surface area (Å²) in [4.78, 5) is 11.1. The van der Waals surface area contributed by atoms with Gasteiger partial charge in [0.1, 0.15) is 5.75 Å². The second-order valence-corrected chi connectivity index (χ2v) is 2.83. The lowest BCUT2D eigenvalue weighted by Crippen LogP contribution is -1.90. The number of fused-ring (bicyclic) bond motifs is 1. The van der Waals surface area contributed by atoms with Gasteiger partial charge in [-0.1, -0.05) is 0 Å². The van der Waals surface area contributed by atoms with Gasteiger partial charge in [-0.3, -0.25) is 4.79 Å². The van der Waals surface area contributed by atoms with E-state index in [9.17, 15) is 4.79 Å². The van der Waals surface area contributed by atoms with Gasteiger partial charge in [0.2, 0.25) is 0 Å². The van der Waals surface area contributed by atoms with Crippen molar-refractivity contribution in [1.29, 1.82) is 0 Å². The molecule has 0 spiro atoms. The molecule has 2 aromatic heterocycles. The first-order chi connectivity index (χ1) is 6.18. The van der Waals surface area contributed by atoms with Gasteiger partial charge >= 0.3 is 0 Å². The summed E-state index contributed by atoms with van der Waals surface area (Å²) in [5.74, 6) is 0.103. The van der Waals surface area contributed by atoms with Crippen molar-refractivity contribution in [2.75, 3.05) is 0 Å². The SMILES string of the molecule is CC(=O)c1cnn2cc(O)ccc12. The zero-order chi connectivity index (χ0) is 9.42. The van der Waals surface area contributed by atoms with Gasteiger partial charge in [0.25, 0.3) is 0 Å². The quantitative estimate of drug-likeness (QED) is 0.665. The average molecular weight is 176 g/mol. The lowest BCUT2D eigenvalue weighted by atomic mass is 10.2. The van der Waals surface area contributed by atoms with Crippen LogP contribution in [0, 0.1) is 0 Å². The van der Waals surface area contributed by atoms with E-state index in [1.807, 2.05) is 0 Å². The van der Waals surface area contributed by atoms with Crippen molar-refractivity contribution >= 4 is 11.3 Å². The van der Waals surface area contributed by atoms with Gasteiger partial charge in [-0.2, -0.15) is 5.10 Å². The number of aromatic nitrogens is 2. The molecule has 1 N–H and O–H groups in total. The van der Waals surface area contributed by atoms with Crippen LogP contribution in [-0.4, -0.2) is 20.5 Å². The maximum absolute atomic E-state index is 11.1. The van der Waals surface area contributed by atoms with Crippen LogP contribution in [0.5, 0.6) is 5.75 Å². The van der Waals surface area contributed by atoms with Crippen LogP contribution in [0.1, 0.15) is 17.3 Å². The summed E-state index contributed by atoms with van der Waals surface area (Å²) in [6.45, 7) is 1.49. The molecule has 0 amide bonds. The summed E-state index contributed by atoms with van der Waals surface area (Å²) in [5.41, 5.74) is 1.28. The molecule has 0 saturated heterocycles. The Morgan fingerprint density at radius 2 is 2.31 bits per heavy atom. The highest BCUT2D eigenvalue weighted by Gasteiger charge is 2.07. The molecular formula is C9H8N2O2. The second kappa shape index (κ2) is 2.58. The van der Waals surface area contributed by atoms with Crippen molar-refractivity contribution in [3.63, 3.8) is 0 Å². The highest BCUT2D eigenvalue weighted by molar-refractivity contribution is 6.00. The van der Waals surface area contributed by atoms with E-state index >= 15 is 0 Å². The molecule has 2 heterocycles. The van der Waals surface area contributed by atoms with E-state index in [4.69, 9.17) is 5.11 Å². The van der Waals surface area contributed by atoms with Crippen LogP contribution in [0.3, 0.4) is 0 Å². The first-order valence-electron chi connectivity index (χ1n) is 3.86. The number of Topliss-reactive ketones (excluding diaryl/α,β-unsaturated/α-hetero) is 1. The van der Waals surface area contributed by atoms with Crippen molar-refractivity contribution < 1.29 is 9.90 Å². The zero-order valence-corrected chi connectivity index (χ0v) is 7.06. The molecule has 2 aromatic rings. The van der Waals surface area contributed by atoms with E-state index in [1.165, 1.54) is 29.9 Å². The predicted molar refractivity (Wildman–Crippen MR) is 46.9 cm³/mol. The first kappa shape index (κ1) is 7.79. The monoisotopic (exact) mass is 176 g/mol. The second-order valence-electron chi connectivity index (χ2n) is 2.83. The molecule has 0 bridgehead atoms. The maximum atomic E-state index is 11.1. The topological polar surface area (TPSA) is 54.6 Å². The van der Waals surface area contributed by atoms with Crippen LogP contribution in [0.4, 0.5) is 0 Å². The Labute approximate surface area is 74.4 Å². The molecule has 0 aliphatic rings. The van der Waals surface area contributed by atoms with Crippen molar-refractivity contribution in [2.45, 2.75) is 6.92 Å². The Morgan fingerprint density at radius 3 is 3.00 bits per heavy atom. The number of hydrogen-bond acceptors (Lipinski definition) is 3. The van der Waals surface area contributed by atoms with Crippen LogP contribution in [0.2, 0.25) is 0 Å². The molecule has 4 heteroatoms. The molecule has 0 fully saturated rings. The molecular weight excluding hydrogens is 168 g/mol. The van der Waals surface area contributed by atoms with E-state index in [2.05, 4.69) is 5.10 Å². The number of hydrogen-bond donors (Lipinski definition) is 1. The van der Waals surface area contributed by atoms with Crippen LogP contribution < -0.4 is 0 Å². The normalized spacial score (nSPS) is 10.5. The molecule has 0 radical (unpaired) electrons. The van der Waals surface area contributed by atoms with E-state index in [-0.39, 0.29) is 11.5 Å². The molecule has 4 nitrogen and oxygen atoms in total. The zero-order valence-electron chi connectivity index (χ0n) is 7.06. The molecule has 0 unspecified atom stereocenters. The molecule has 0 aliphatic heterocycles. The number of pyridine rings is 1. The number of aromatic hydroxyl groups is 1.